The normalized spacial score (nSPS) is 18.8. The molecule has 0 unspecified atom stereocenters. The second-order valence-corrected chi connectivity index (χ2v) is 6.14. The molecule has 0 aliphatic carbocycles. The van der Waals surface area contributed by atoms with Gasteiger partial charge in [-0.15, -0.1) is 0 Å². The third-order valence-corrected chi connectivity index (χ3v) is 4.35. The van der Waals surface area contributed by atoms with Crippen molar-refractivity contribution in [3.05, 3.63) is 65.2 Å². The third-order valence-electron chi connectivity index (χ3n) is 4.10. The summed E-state index contributed by atoms with van der Waals surface area (Å²) in [5, 5.41) is 0.674. The lowest BCUT2D eigenvalue weighted by Crippen LogP contribution is -2.46. The highest BCUT2D eigenvalue weighted by Crippen LogP contribution is 2.29. The van der Waals surface area contributed by atoms with Gasteiger partial charge in [-0.2, -0.15) is 0 Å². The summed E-state index contributed by atoms with van der Waals surface area (Å²) in [5.74, 6) is -0.0941. The van der Waals surface area contributed by atoms with Gasteiger partial charge in [-0.1, -0.05) is 41.9 Å². The van der Waals surface area contributed by atoms with Crippen LogP contribution >= 0.6 is 11.6 Å². The highest BCUT2D eigenvalue weighted by Gasteiger charge is 2.32. The summed E-state index contributed by atoms with van der Waals surface area (Å²) < 4.78 is 11.0. The molecule has 0 saturated carbocycles. The number of amides is 1. The van der Waals surface area contributed by atoms with Gasteiger partial charge in [0.25, 0.3) is 5.91 Å². The molecule has 1 amide bonds. The first-order valence-electron chi connectivity index (χ1n) is 8.00. The SMILES string of the molecule is C[C@@H](c1ccc(Cl)cc1)N(C(=O)[C@H]1COCCO1)c1ccccc1. The van der Waals surface area contributed by atoms with Gasteiger partial charge in [-0.25, -0.2) is 0 Å². The fourth-order valence-electron chi connectivity index (χ4n) is 2.81. The highest BCUT2D eigenvalue weighted by atomic mass is 35.5. The molecule has 0 bridgehead atoms. The van der Waals surface area contributed by atoms with Crippen molar-refractivity contribution in [3.8, 4) is 0 Å². The number of rotatable bonds is 4. The Balaban J connectivity index is 1.92. The lowest BCUT2D eigenvalue weighted by molar-refractivity contribution is -0.145. The zero-order chi connectivity index (χ0) is 16.9. The molecule has 24 heavy (non-hydrogen) atoms. The van der Waals surface area contributed by atoms with Gasteiger partial charge in [0.2, 0.25) is 0 Å². The van der Waals surface area contributed by atoms with Crippen LogP contribution in [0.5, 0.6) is 0 Å². The number of hydrogen-bond acceptors (Lipinski definition) is 3. The number of ether oxygens (including phenoxy) is 2. The van der Waals surface area contributed by atoms with Crippen LogP contribution < -0.4 is 4.90 Å². The summed E-state index contributed by atoms with van der Waals surface area (Å²) >= 11 is 5.98. The van der Waals surface area contributed by atoms with Gasteiger partial charge < -0.3 is 14.4 Å². The first kappa shape index (κ1) is 17.0. The molecule has 1 aliphatic heterocycles. The summed E-state index contributed by atoms with van der Waals surface area (Å²) in [6, 6.07) is 17.0. The Kier molecular flexibility index (Phi) is 5.51. The Labute approximate surface area is 146 Å². The molecule has 0 aromatic heterocycles. The molecule has 1 saturated heterocycles. The molecular weight excluding hydrogens is 326 g/mol. The average molecular weight is 346 g/mol. The number of carbonyl (C=O) groups is 1. The molecule has 0 radical (unpaired) electrons. The maximum Gasteiger partial charge on any atom is 0.259 e. The molecule has 5 heteroatoms. The number of nitrogens with zero attached hydrogens (tertiary/aromatic N) is 1. The Morgan fingerprint density at radius 3 is 2.46 bits per heavy atom. The van der Waals surface area contributed by atoms with E-state index in [2.05, 4.69) is 0 Å². The quantitative estimate of drug-likeness (QED) is 0.844. The van der Waals surface area contributed by atoms with E-state index in [9.17, 15) is 4.79 Å². The number of benzene rings is 2. The molecule has 1 heterocycles. The lowest BCUT2D eigenvalue weighted by Gasteiger charge is -2.34. The van der Waals surface area contributed by atoms with Crippen molar-refractivity contribution >= 4 is 23.2 Å². The van der Waals surface area contributed by atoms with Gasteiger partial charge in [0, 0.05) is 10.7 Å². The maximum absolute atomic E-state index is 13.1. The number of hydrogen-bond donors (Lipinski definition) is 0. The summed E-state index contributed by atoms with van der Waals surface area (Å²) in [6.07, 6.45) is -0.575. The van der Waals surface area contributed by atoms with E-state index in [1.54, 1.807) is 4.90 Å². The molecule has 1 fully saturated rings. The lowest BCUT2D eigenvalue weighted by atomic mass is 10.0. The number of anilines is 1. The van der Waals surface area contributed by atoms with Crippen LogP contribution in [0.25, 0.3) is 0 Å². The van der Waals surface area contributed by atoms with Crippen LogP contribution in [-0.2, 0) is 14.3 Å². The van der Waals surface area contributed by atoms with Crippen molar-refractivity contribution in [2.24, 2.45) is 0 Å². The average Bonchev–Trinajstić information content (AvgIpc) is 2.64. The van der Waals surface area contributed by atoms with E-state index in [1.807, 2.05) is 61.5 Å². The monoisotopic (exact) mass is 345 g/mol. The van der Waals surface area contributed by atoms with Gasteiger partial charge in [0.1, 0.15) is 0 Å². The Hall–Kier alpha value is -1.88. The summed E-state index contributed by atoms with van der Waals surface area (Å²) in [5.41, 5.74) is 1.84. The van der Waals surface area contributed by atoms with Gasteiger partial charge in [-0.05, 0) is 36.8 Å². The minimum absolute atomic E-state index is 0.0941. The standard InChI is InChI=1S/C19H20ClNO3/c1-14(15-7-9-16(20)10-8-15)21(17-5-3-2-4-6-17)19(22)18-13-23-11-12-24-18/h2-10,14,18H,11-13H2,1H3/t14-,18+/m0/s1. The van der Waals surface area contributed by atoms with E-state index in [0.29, 0.717) is 18.2 Å². The molecule has 3 rings (SSSR count). The van der Waals surface area contributed by atoms with Crippen molar-refractivity contribution in [3.63, 3.8) is 0 Å². The number of halogens is 1. The van der Waals surface area contributed by atoms with Gasteiger partial charge in [-0.3, -0.25) is 4.79 Å². The summed E-state index contributed by atoms with van der Waals surface area (Å²) in [7, 11) is 0. The Bertz CT molecular complexity index is 669. The molecule has 2 aromatic rings. The fraction of sp³-hybridized carbons (Fsp3) is 0.316. The zero-order valence-corrected chi connectivity index (χ0v) is 14.3. The zero-order valence-electron chi connectivity index (χ0n) is 13.5. The van der Waals surface area contributed by atoms with E-state index in [-0.39, 0.29) is 18.6 Å². The minimum Gasteiger partial charge on any atom is -0.376 e. The maximum atomic E-state index is 13.1. The van der Waals surface area contributed by atoms with Crippen LogP contribution in [0, 0.1) is 0 Å². The second-order valence-electron chi connectivity index (χ2n) is 5.71. The predicted octanol–water partition coefficient (Wildman–Crippen LogP) is 3.85. The van der Waals surface area contributed by atoms with Crippen LogP contribution in [0.4, 0.5) is 5.69 Å². The Morgan fingerprint density at radius 2 is 1.83 bits per heavy atom. The van der Waals surface area contributed by atoms with Gasteiger partial charge in [0.15, 0.2) is 6.10 Å². The molecule has 0 N–H and O–H groups in total. The first-order valence-corrected chi connectivity index (χ1v) is 8.37. The van der Waals surface area contributed by atoms with Crippen LogP contribution in [0.3, 0.4) is 0 Å². The molecular formula is C19H20ClNO3. The van der Waals surface area contributed by atoms with Crippen molar-refractivity contribution in [1.29, 1.82) is 0 Å². The topological polar surface area (TPSA) is 38.8 Å². The van der Waals surface area contributed by atoms with Crippen LogP contribution in [-0.4, -0.2) is 31.8 Å². The van der Waals surface area contributed by atoms with Gasteiger partial charge in [0.05, 0.1) is 25.9 Å². The van der Waals surface area contributed by atoms with E-state index in [1.165, 1.54) is 0 Å². The van der Waals surface area contributed by atoms with Crippen LogP contribution in [0.2, 0.25) is 5.02 Å². The van der Waals surface area contributed by atoms with Crippen molar-refractivity contribution < 1.29 is 14.3 Å². The third kappa shape index (κ3) is 3.78. The highest BCUT2D eigenvalue weighted by molar-refractivity contribution is 6.30. The molecule has 0 spiro atoms. The molecule has 4 nitrogen and oxygen atoms in total. The minimum atomic E-state index is -0.575. The van der Waals surface area contributed by atoms with E-state index in [0.717, 1.165) is 11.3 Å². The van der Waals surface area contributed by atoms with Crippen LogP contribution in [0.15, 0.2) is 54.6 Å². The predicted molar refractivity (Wildman–Crippen MR) is 94.4 cm³/mol. The van der Waals surface area contributed by atoms with E-state index in [4.69, 9.17) is 21.1 Å². The first-order chi connectivity index (χ1) is 11.7. The second kappa shape index (κ2) is 7.79. The fourth-order valence-corrected chi connectivity index (χ4v) is 2.93. The van der Waals surface area contributed by atoms with Crippen molar-refractivity contribution in [2.45, 2.75) is 19.1 Å². The summed E-state index contributed by atoms with van der Waals surface area (Å²) in [4.78, 5) is 14.8. The van der Waals surface area contributed by atoms with Crippen molar-refractivity contribution in [2.75, 3.05) is 24.7 Å². The molecule has 2 aromatic carbocycles. The molecule has 2 atom stereocenters. The molecule has 126 valence electrons. The number of carbonyl (C=O) groups excluding carboxylic acids is 1. The smallest absolute Gasteiger partial charge is 0.259 e. The Morgan fingerprint density at radius 1 is 1.12 bits per heavy atom. The van der Waals surface area contributed by atoms with E-state index < -0.39 is 6.10 Å². The van der Waals surface area contributed by atoms with Gasteiger partial charge >= 0.3 is 0 Å². The van der Waals surface area contributed by atoms with Crippen LogP contribution in [0.1, 0.15) is 18.5 Å². The largest absolute Gasteiger partial charge is 0.376 e. The number of para-hydroxylation sites is 1. The van der Waals surface area contributed by atoms with Crippen molar-refractivity contribution in [1.82, 2.24) is 0 Å². The molecule has 1 aliphatic rings. The summed E-state index contributed by atoms with van der Waals surface area (Å²) in [6.45, 7) is 3.25. The van der Waals surface area contributed by atoms with E-state index >= 15 is 0 Å².